The van der Waals surface area contributed by atoms with Crippen molar-refractivity contribution in [2.75, 3.05) is 11.5 Å². The van der Waals surface area contributed by atoms with Crippen LogP contribution >= 0.6 is 0 Å². The number of nitrogen functional groups attached to an aromatic ring is 2. The van der Waals surface area contributed by atoms with Gasteiger partial charge in [-0.3, -0.25) is 0 Å². The number of benzene rings is 2. The maximum Gasteiger partial charge on any atom is 0.0503 e. The van der Waals surface area contributed by atoms with Crippen molar-refractivity contribution in [3.63, 3.8) is 0 Å². The molecule has 0 aliphatic rings. The summed E-state index contributed by atoms with van der Waals surface area (Å²) >= 11 is 0. The van der Waals surface area contributed by atoms with Crippen LogP contribution in [0.2, 0.25) is 0 Å². The first kappa shape index (κ1) is 12.1. The fraction of sp³-hybridized carbons (Fsp3) is 0.125. The summed E-state index contributed by atoms with van der Waals surface area (Å²) in [4.78, 5) is 0. The second kappa shape index (κ2) is 4.85. The van der Waals surface area contributed by atoms with Crippen molar-refractivity contribution in [1.29, 1.82) is 0 Å². The standard InChI is InChI=1S/C16H16N2/c1-11-9-12(2)16(18)14(10-11)8-7-13-5-3-4-6-15(13)17/h3-6,9-10H,17-18H2,1-2H3. The molecule has 0 unspecified atom stereocenters. The number of aryl methyl sites for hydroxylation is 2. The Morgan fingerprint density at radius 2 is 1.56 bits per heavy atom. The van der Waals surface area contributed by atoms with E-state index in [-0.39, 0.29) is 0 Å². The molecule has 0 amide bonds. The van der Waals surface area contributed by atoms with E-state index >= 15 is 0 Å². The number of hydrogen-bond acceptors (Lipinski definition) is 2. The summed E-state index contributed by atoms with van der Waals surface area (Å²) in [6, 6.07) is 11.6. The Balaban J connectivity index is 2.45. The molecule has 0 aliphatic heterocycles. The summed E-state index contributed by atoms with van der Waals surface area (Å²) in [6.45, 7) is 4.03. The Morgan fingerprint density at radius 3 is 2.28 bits per heavy atom. The SMILES string of the molecule is Cc1cc(C)c(N)c(C#Cc2ccccc2N)c1. The average molecular weight is 236 g/mol. The number of nitrogens with two attached hydrogens (primary N) is 2. The summed E-state index contributed by atoms with van der Waals surface area (Å²) in [5.74, 6) is 6.17. The van der Waals surface area contributed by atoms with Crippen LogP contribution in [0.25, 0.3) is 0 Å². The van der Waals surface area contributed by atoms with Gasteiger partial charge in [-0.2, -0.15) is 0 Å². The van der Waals surface area contributed by atoms with Gasteiger partial charge in [-0.1, -0.05) is 30.0 Å². The first-order valence-electron chi connectivity index (χ1n) is 5.81. The first-order chi connectivity index (χ1) is 8.58. The van der Waals surface area contributed by atoms with E-state index in [0.717, 1.165) is 27.9 Å². The van der Waals surface area contributed by atoms with Crippen molar-refractivity contribution in [2.24, 2.45) is 0 Å². The minimum atomic E-state index is 0.688. The Kier molecular flexibility index (Phi) is 3.25. The zero-order valence-corrected chi connectivity index (χ0v) is 10.6. The molecule has 0 radical (unpaired) electrons. The maximum absolute atomic E-state index is 6.02. The molecule has 4 N–H and O–H groups in total. The minimum absolute atomic E-state index is 0.688. The third kappa shape index (κ3) is 2.46. The molecule has 2 rings (SSSR count). The van der Waals surface area contributed by atoms with Crippen LogP contribution in [0.4, 0.5) is 11.4 Å². The van der Waals surface area contributed by atoms with Gasteiger partial charge in [0.05, 0.1) is 5.69 Å². The van der Waals surface area contributed by atoms with Gasteiger partial charge < -0.3 is 11.5 Å². The van der Waals surface area contributed by atoms with E-state index in [9.17, 15) is 0 Å². The van der Waals surface area contributed by atoms with Crippen LogP contribution in [0.5, 0.6) is 0 Å². The summed E-state index contributed by atoms with van der Waals surface area (Å²) < 4.78 is 0. The molecule has 2 nitrogen and oxygen atoms in total. The second-order valence-corrected chi connectivity index (χ2v) is 4.38. The van der Waals surface area contributed by atoms with E-state index in [1.165, 1.54) is 0 Å². The maximum atomic E-state index is 6.02. The molecule has 18 heavy (non-hydrogen) atoms. The van der Waals surface area contributed by atoms with E-state index in [2.05, 4.69) is 17.9 Å². The fourth-order valence-electron chi connectivity index (χ4n) is 1.83. The molecule has 0 spiro atoms. The van der Waals surface area contributed by atoms with Crippen molar-refractivity contribution < 1.29 is 0 Å². The van der Waals surface area contributed by atoms with Gasteiger partial charge in [0, 0.05) is 16.8 Å². The van der Waals surface area contributed by atoms with E-state index in [1.807, 2.05) is 44.2 Å². The lowest BCUT2D eigenvalue weighted by Gasteiger charge is -2.04. The molecule has 0 aliphatic carbocycles. The Hall–Kier alpha value is -2.40. The lowest BCUT2D eigenvalue weighted by Crippen LogP contribution is -1.95. The fourth-order valence-corrected chi connectivity index (χ4v) is 1.83. The molecule has 0 saturated heterocycles. The van der Waals surface area contributed by atoms with E-state index in [4.69, 9.17) is 11.5 Å². The lowest BCUT2D eigenvalue weighted by molar-refractivity contribution is 1.37. The molecule has 90 valence electrons. The summed E-state index contributed by atoms with van der Waals surface area (Å²) in [7, 11) is 0. The average Bonchev–Trinajstić information content (AvgIpc) is 2.33. The largest absolute Gasteiger partial charge is 0.398 e. The smallest absolute Gasteiger partial charge is 0.0503 e. The van der Waals surface area contributed by atoms with E-state index in [1.54, 1.807) is 0 Å². The normalized spacial score (nSPS) is 9.67. The first-order valence-corrected chi connectivity index (χ1v) is 5.81. The van der Waals surface area contributed by atoms with Crippen molar-refractivity contribution in [1.82, 2.24) is 0 Å². The Labute approximate surface area is 108 Å². The van der Waals surface area contributed by atoms with Gasteiger partial charge in [0.1, 0.15) is 0 Å². The van der Waals surface area contributed by atoms with Crippen molar-refractivity contribution in [3.05, 3.63) is 58.7 Å². The van der Waals surface area contributed by atoms with Crippen LogP contribution in [0.3, 0.4) is 0 Å². The molecule has 2 heteroatoms. The topological polar surface area (TPSA) is 52.0 Å². The molecule has 2 aromatic carbocycles. The van der Waals surface area contributed by atoms with Gasteiger partial charge in [-0.05, 0) is 43.2 Å². The van der Waals surface area contributed by atoms with Crippen LogP contribution in [0.15, 0.2) is 36.4 Å². The second-order valence-electron chi connectivity index (χ2n) is 4.38. The van der Waals surface area contributed by atoms with Crippen molar-refractivity contribution in [3.8, 4) is 11.8 Å². The highest BCUT2D eigenvalue weighted by Crippen LogP contribution is 2.18. The Bertz CT molecular complexity index is 646. The van der Waals surface area contributed by atoms with Gasteiger partial charge in [-0.25, -0.2) is 0 Å². The third-order valence-corrected chi connectivity index (χ3v) is 2.82. The van der Waals surface area contributed by atoms with Crippen LogP contribution < -0.4 is 11.5 Å². The monoisotopic (exact) mass is 236 g/mol. The zero-order chi connectivity index (χ0) is 13.1. The summed E-state index contributed by atoms with van der Waals surface area (Å²) in [6.07, 6.45) is 0. The molecular formula is C16H16N2. The highest BCUT2D eigenvalue weighted by atomic mass is 14.6. The predicted molar refractivity (Wildman–Crippen MR) is 77.2 cm³/mol. The van der Waals surface area contributed by atoms with Crippen LogP contribution in [-0.4, -0.2) is 0 Å². The summed E-state index contributed by atoms with van der Waals surface area (Å²) in [5.41, 5.74) is 17.2. The van der Waals surface area contributed by atoms with Gasteiger partial charge in [0.15, 0.2) is 0 Å². The summed E-state index contributed by atoms with van der Waals surface area (Å²) in [5, 5.41) is 0. The number of anilines is 2. The van der Waals surface area contributed by atoms with Crippen LogP contribution in [-0.2, 0) is 0 Å². The quantitative estimate of drug-likeness (QED) is 0.546. The predicted octanol–water partition coefficient (Wildman–Crippen LogP) is 2.87. The molecular weight excluding hydrogens is 220 g/mol. The molecule has 0 heterocycles. The molecule has 2 aromatic rings. The Morgan fingerprint density at radius 1 is 0.889 bits per heavy atom. The molecule has 0 aromatic heterocycles. The molecule has 0 bridgehead atoms. The number of rotatable bonds is 0. The highest BCUT2D eigenvalue weighted by molar-refractivity contribution is 5.64. The molecule has 0 fully saturated rings. The van der Waals surface area contributed by atoms with Gasteiger partial charge in [0.2, 0.25) is 0 Å². The third-order valence-electron chi connectivity index (χ3n) is 2.82. The van der Waals surface area contributed by atoms with Crippen LogP contribution in [0.1, 0.15) is 22.3 Å². The van der Waals surface area contributed by atoms with Crippen LogP contribution in [0, 0.1) is 25.7 Å². The number of hydrogen-bond donors (Lipinski definition) is 2. The van der Waals surface area contributed by atoms with E-state index in [0.29, 0.717) is 5.69 Å². The lowest BCUT2D eigenvalue weighted by atomic mass is 10.0. The van der Waals surface area contributed by atoms with Gasteiger partial charge in [0.25, 0.3) is 0 Å². The van der Waals surface area contributed by atoms with E-state index < -0.39 is 0 Å². The van der Waals surface area contributed by atoms with Crippen molar-refractivity contribution in [2.45, 2.75) is 13.8 Å². The van der Waals surface area contributed by atoms with Crippen molar-refractivity contribution >= 4 is 11.4 Å². The molecule has 0 atom stereocenters. The highest BCUT2D eigenvalue weighted by Gasteiger charge is 2.01. The van der Waals surface area contributed by atoms with Gasteiger partial charge in [-0.15, -0.1) is 0 Å². The van der Waals surface area contributed by atoms with Gasteiger partial charge >= 0.3 is 0 Å². The number of para-hydroxylation sites is 1. The zero-order valence-electron chi connectivity index (χ0n) is 10.6. The molecule has 0 saturated carbocycles. The minimum Gasteiger partial charge on any atom is -0.398 e.